The molecule has 0 unspecified atom stereocenters. The van der Waals surface area contributed by atoms with Gasteiger partial charge in [-0.2, -0.15) is 0 Å². The number of para-hydroxylation sites is 1. The predicted octanol–water partition coefficient (Wildman–Crippen LogP) is 12.2. The van der Waals surface area contributed by atoms with E-state index in [0.717, 1.165) is 44.7 Å². The van der Waals surface area contributed by atoms with E-state index in [2.05, 4.69) is 148 Å². The van der Waals surface area contributed by atoms with Crippen molar-refractivity contribution >= 4 is 10.9 Å². The number of fused-ring (bicyclic) bond motifs is 4. The number of aromatic nitrogens is 3. The third-order valence-electron chi connectivity index (χ3n) is 11.6. The van der Waals surface area contributed by atoms with Gasteiger partial charge in [-0.05, 0) is 91.8 Å². The lowest BCUT2D eigenvalue weighted by Crippen LogP contribution is -2.43. The van der Waals surface area contributed by atoms with Crippen LogP contribution < -0.4 is 0 Å². The van der Waals surface area contributed by atoms with Crippen LogP contribution in [0, 0.1) is 0 Å². The largest absolute Gasteiger partial charge is 0.507 e. The molecule has 0 amide bonds. The van der Waals surface area contributed by atoms with Gasteiger partial charge in [0.15, 0.2) is 0 Å². The highest BCUT2D eigenvalue weighted by Gasteiger charge is 2.46. The van der Waals surface area contributed by atoms with E-state index >= 15 is 0 Å². The van der Waals surface area contributed by atoms with E-state index in [-0.39, 0.29) is 16.2 Å². The Morgan fingerprint density at radius 1 is 0.720 bits per heavy atom. The van der Waals surface area contributed by atoms with Gasteiger partial charge in [-0.15, -0.1) is 0 Å². The van der Waals surface area contributed by atoms with Gasteiger partial charge in [0.1, 0.15) is 11.6 Å². The summed E-state index contributed by atoms with van der Waals surface area (Å²) in [5.41, 5.74) is 12.9. The highest BCUT2D eigenvalue weighted by Crippen LogP contribution is 2.56. The maximum absolute atomic E-state index is 11.4. The van der Waals surface area contributed by atoms with E-state index in [0.29, 0.717) is 17.6 Å². The normalized spacial score (nSPS) is 15.1. The van der Waals surface area contributed by atoms with Crippen molar-refractivity contribution < 1.29 is 5.11 Å². The fraction of sp³-hybridized carbons (Fsp3) is 0.348. The summed E-state index contributed by atoms with van der Waals surface area (Å²) in [7, 11) is 0. The third kappa shape index (κ3) is 5.18. The molecule has 4 nitrogen and oxygen atoms in total. The average Bonchev–Trinajstić information content (AvgIpc) is 3.51. The number of benzene rings is 4. The van der Waals surface area contributed by atoms with E-state index in [1.807, 2.05) is 24.4 Å². The van der Waals surface area contributed by atoms with Gasteiger partial charge in [-0.1, -0.05) is 125 Å². The number of imidazole rings is 1. The summed E-state index contributed by atoms with van der Waals surface area (Å²) in [6, 6.07) is 28.2. The van der Waals surface area contributed by atoms with Crippen molar-refractivity contribution in [2.45, 2.75) is 104 Å². The zero-order chi connectivity index (χ0) is 35.9. The highest BCUT2D eigenvalue weighted by molar-refractivity contribution is 5.94. The molecule has 6 aromatic rings. The standard InChI is InChI=1S/C46H51N3O/c1-27(2)32-16-12-17-33(28(3)4)42(32)49-26-38(35-25-31(44(5,6)7)23-29-15-14-22-47-41(29)35)48-43(49)30-20-21-36-34(24-30)40-37(18-13-19-39(40)50)46(10,11)45(36,8)9/h12-28,50H,1-11H3. The monoisotopic (exact) mass is 661 g/mol. The molecule has 0 atom stereocenters. The van der Waals surface area contributed by atoms with Crippen LogP contribution in [0.15, 0.2) is 91.3 Å². The van der Waals surface area contributed by atoms with Crippen LogP contribution in [-0.4, -0.2) is 19.6 Å². The van der Waals surface area contributed by atoms with Crippen molar-refractivity contribution in [1.29, 1.82) is 0 Å². The van der Waals surface area contributed by atoms with Crippen LogP contribution >= 0.6 is 0 Å². The molecule has 2 heterocycles. The molecule has 256 valence electrons. The summed E-state index contributed by atoms with van der Waals surface area (Å²) < 4.78 is 2.34. The molecular weight excluding hydrogens is 611 g/mol. The average molecular weight is 662 g/mol. The van der Waals surface area contributed by atoms with Crippen molar-refractivity contribution in [3.63, 3.8) is 0 Å². The Balaban J connectivity index is 1.57. The SMILES string of the molecule is CC(C)c1cccc(C(C)C)c1-n1cc(-c2cc(C(C)(C)C)cc3cccnc23)nc1-c1ccc2c(c1)-c1c(O)cccc1C(C)(C)C2(C)C. The molecule has 1 aliphatic carbocycles. The lowest BCUT2D eigenvalue weighted by atomic mass is 9.55. The Hall–Kier alpha value is -4.70. The first kappa shape index (κ1) is 33.8. The van der Waals surface area contributed by atoms with Crippen molar-refractivity contribution in [3.05, 3.63) is 119 Å². The van der Waals surface area contributed by atoms with Crippen molar-refractivity contribution in [2.75, 3.05) is 0 Å². The maximum atomic E-state index is 11.4. The Morgan fingerprint density at radius 2 is 1.38 bits per heavy atom. The van der Waals surface area contributed by atoms with E-state index in [1.165, 1.54) is 33.5 Å². The number of phenols is 1. The molecule has 1 N–H and O–H groups in total. The lowest BCUT2D eigenvalue weighted by Gasteiger charge is -2.48. The highest BCUT2D eigenvalue weighted by atomic mass is 16.3. The van der Waals surface area contributed by atoms with Crippen LogP contribution in [0.3, 0.4) is 0 Å². The van der Waals surface area contributed by atoms with Crippen LogP contribution in [0.5, 0.6) is 5.75 Å². The molecule has 0 spiro atoms. The van der Waals surface area contributed by atoms with Gasteiger partial charge in [0, 0.05) is 34.5 Å². The number of aromatic hydroxyl groups is 1. The Labute approximate surface area is 298 Å². The second-order valence-electron chi connectivity index (χ2n) is 17.0. The summed E-state index contributed by atoms with van der Waals surface area (Å²) >= 11 is 0. The minimum absolute atomic E-state index is 0.0479. The first-order valence-corrected chi connectivity index (χ1v) is 18.1. The zero-order valence-electron chi connectivity index (χ0n) is 31.6. The molecule has 50 heavy (non-hydrogen) atoms. The van der Waals surface area contributed by atoms with Crippen LogP contribution in [0.4, 0.5) is 0 Å². The second-order valence-corrected chi connectivity index (χ2v) is 17.0. The summed E-state index contributed by atoms with van der Waals surface area (Å²) in [6.07, 6.45) is 4.11. The van der Waals surface area contributed by atoms with Gasteiger partial charge in [0.25, 0.3) is 0 Å². The number of hydrogen-bond donors (Lipinski definition) is 1. The number of phenolic OH excluding ortho intramolecular Hbond substituents is 1. The Bertz CT molecular complexity index is 2250. The van der Waals surface area contributed by atoms with Crippen LogP contribution in [0.25, 0.3) is 50.4 Å². The summed E-state index contributed by atoms with van der Waals surface area (Å²) in [4.78, 5) is 10.5. The summed E-state index contributed by atoms with van der Waals surface area (Å²) in [5, 5.41) is 12.5. The first-order valence-electron chi connectivity index (χ1n) is 18.1. The molecule has 0 bridgehead atoms. The van der Waals surface area contributed by atoms with E-state index in [1.54, 1.807) is 0 Å². The van der Waals surface area contributed by atoms with Crippen LogP contribution in [0.2, 0.25) is 0 Å². The first-order chi connectivity index (χ1) is 23.5. The van der Waals surface area contributed by atoms with E-state index in [4.69, 9.17) is 9.97 Å². The minimum atomic E-state index is -0.185. The van der Waals surface area contributed by atoms with Crippen molar-refractivity contribution in [2.24, 2.45) is 0 Å². The van der Waals surface area contributed by atoms with Gasteiger partial charge >= 0.3 is 0 Å². The van der Waals surface area contributed by atoms with Crippen molar-refractivity contribution in [3.8, 4) is 45.2 Å². The van der Waals surface area contributed by atoms with Gasteiger partial charge in [-0.25, -0.2) is 4.98 Å². The molecule has 4 aromatic carbocycles. The van der Waals surface area contributed by atoms with Gasteiger partial charge < -0.3 is 5.11 Å². The quantitative estimate of drug-likeness (QED) is 0.200. The lowest BCUT2D eigenvalue weighted by molar-refractivity contribution is 0.297. The fourth-order valence-corrected chi connectivity index (χ4v) is 7.95. The topological polar surface area (TPSA) is 50.9 Å². The number of nitrogens with zero attached hydrogens (tertiary/aromatic N) is 3. The molecule has 2 aromatic heterocycles. The van der Waals surface area contributed by atoms with E-state index < -0.39 is 0 Å². The summed E-state index contributed by atoms with van der Waals surface area (Å²) in [5.74, 6) is 1.81. The van der Waals surface area contributed by atoms with E-state index in [9.17, 15) is 5.11 Å². The molecule has 4 heteroatoms. The van der Waals surface area contributed by atoms with Crippen molar-refractivity contribution in [1.82, 2.24) is 14.5 Å². The molecule has 0 aliphatic heterocycles. The molecule has 7 rings (SSSR count). The van der Waals surface area contributed by atoms with Gasteiger partial charge in [-0.3, -0.25) is 9.55 Å². The second kappa shape index (κ2) is 11.7. The molecule has 0 saturated carbocycles. The van der Waals surface area contributed by atoms with Gasteiger partial charge in [0.05, 0.1) is 16.9 Å². The maximum Gasteiger partial charge on any atom is 0.145 e. The molecule has 0 fully saturated rings. The smallest absolute Gasteiger partial charge is 0.145 e. The minimum Gasteiger partial charge on any atom is -0.507 e. The molecule has 0 saturated heterocycles. The van der Waals surface area contributed by atoms with Gasteiger partial charge in [0.2, 0.25) is 0 Å². The van der Waals surface area contributed by atoms with Crippen LogP contribution in [0.1, 0.15) is 116 Å². The Morgan fingerprint density at radius 3 is 2.04 bits per heavy atom. The molecule has 0 radical (unpaired) electrons. The summed E-state index contributed by atoms with van der Waals surface area (Å²) in [6.45, 7) is 25.1. The number of pyridine rings is 1. The third-order valence-corrected chi connectivity index (χ3v) is 11.6. The van der Waals surface area contributed by atoms with Crippen LogP contribution in [-0.2, 0) is 16.2 Å². The molecular formula is C46H51N3O. The molecule has 1 aliphatic rings. The Kier molecular flexibility index (Phi) is 7.90. The number of hydrogen-bond acceptors (Lipinski definition) is 3. The zero-order valence-corrected chi connectivity index (χ0v) is 31.6. The fourth-order valence-electron chi connectivity index (χ4n) is 7.95. The number of rotatable bonds is 5. The predicted molar refractivity (Wildman–Crippen MR) is 210 cm³/mol.